The van der Waals surface area contributed by atoms with Crippen LogP contribution in [-0.2, 0) is 0 Å². The third-order valence-corrected chi connectivity index (χ3v) is 3.46. The van der Waals surface area contributed by atoms with Crippen LogP contribution in [0.1, 0.15) is 40.5 Å². The van der Waals surface area contributed by atoms with E-state index in [1.807, 2.05) is 6.08 Å². The zero-order valence-electron chi connectivity index (χ0n) is 11.6. The van der Waals surface area contributed by atoms with E-state index in [9.17, 15) is 0 Å². The summed E-state index contributed by atoms with van der Waals surface area (Å²) in [5.41, 5.74) is 5.59. The van der Waals surface area contributed by atoms with Gasteiger partial charge in [0.25, 0.3) is 0 Å². The van der Waals surface area contributed by atoms with Crippen LogP contribution in [0.4, 0.5) is 0 Å². The van der Waals surface area contributed by atoms with Crippen molar-refractivity contribution in [2.24, 2.45) is 5.92 Å². The second-order valence-corrected chi connectivity index (χ2v) is 4.56. The predicted molar refractivity (Wildman–Crippen MR) is 77.9 cm³/mol. The summed E-state index contributed by atoms with van der Waals surface area (Å²) in [6.45, 7) is 12.5. The van der Waals surface area contributed by atoms with Crippen LogP contribution in [-0.4, -0.2) is 0 Å². The van der Waals surface area contributed by atoms with Crippen molar-refractivity contribution in [2.75, 3.05) is 0 Å². The van der Waals surface area contributed by atoms with E-state index < -0.39 is 0 Å². The molecule has 1 atom stereocenters. The molecule has 0 heteroatoms. The van der Waals surface area contributed by atoms with Gasteiger partial charge in [-0.1, -0.05) is 55.0 Å². The molecule has 0 nitrogen and oxygen atoms in total. The average molecular weight is 228 g/mol. The van der Waals surface area contributed by atoms with Gasteiger partial charge in [-0.15, -0.1) is 0 Å². The van der Waals surface area contributed by atoms with Crippen molar-refractivity contribution in [3.05, 3.63) is 59.3 Å². The number of hydrogen-bond acceptors (Lipinski definition) is 0. The van der Waals surface area contributed by atoms with Crippen LogP contribution in [0.2, 0.25) is 0 Å². The SMILES string of the molecule is C=C/C(=C\C)C1=CC(C)=CC(/C(=C/C)CC)C1. The van der Waals surface area contributed by atoms with Gasteiger partial charge in [0, 0.05) is 5.92 Å². The Morgan fingerprint density at radius 1 is 1.41 bits per heavy atom. The topological polar surface area (TPSA) is 0 Å². The second-order valence-electron chi connectivity index (χ2n) is 4.56. The third kappa shape index (κ3) is 3.33. The average Bonchev–Trinajstić information content (AvgIpc) is 2.31. The molecule has 0 amide bonds. The van der Waals surface area contributed by atoms with E-state index in [1.54, 1.807) is 0 Å². The summed E-state index contributed by atoms with van der Waals surface area (Å²) in [4.78, 5) is 0. The molecule has 0 aromatic carbocycles. The molecular weight excluding hydrogens is 204 g/mol. The molecule has 1 aliphatic rings. The van der Waals surface area contributed by atoms with Crippen LogP contribution in [0.5, 0.6) is 0 Å². The Morgan fingerprint density at radius 2 is 2.12 bits per heavy atom. The van der Waals surface area contributed by atoms with Crippen LogP contribution in [0.25, 0.3) is 0 Å². The minimum Gasteiger partial charge on any atom is -0.0985 e. The second kappa shape index (κ2) is 6.44. The lowest BCUT2D eigenvalue weighted by atomic mass is 9.82. The normalized spacial score (nSPS) is 22.0. The molecular formula is C17H24. The molecule has 92 valence electrons. The number of hydrogen-bond donors (Lipinski definition) is 0. The minimum atomic E-state index is 0.569. The van der Waals surface area contributed by atoms with Gasteiger partial charge >= 0.3 is 0 Å². The van der Waals surface area contributed by atoms with Crippen LogP contribution in [0.3, 0.4) is 0 Å². The van der Waals surface area contributed by atoms with Crippen LogP contribution < -0.4 is 0 Å². The van der Waals surface area contributed by atoms with Crippen molar-refractivity contribution in [2.45, 2.75) is 40.5 Å². The lowest BCUT2D eigenvalue weighted by Gasteiger charge is -2.23. The Hall–Kier alpha value is -1.30. The molecule has 1 aliphatic carbocycles. The smallest absolute Gasteiger partial charge is 0.00228 e. The fourth-order valence-electron chi connectivity index (χ4n) is 2.55. The first-order valence-electron chi connectivity index (χ1n) is 6.49. The molecule has 0 aromatic rings. The molecule has 0 fully saturated rings. The van der Waals surface area contributed by atoms with Gasteiger partial charge in [0.15, 0.2) is 0 Å². The van der Waals surface area contributed by atoms with Crippen molar-refractivity contribution < 1.29 is 0 Å². The quantitative estimate of drug-likeness (QED) is 0.448. The van der Waals surface area contributed by atoms with E-state index in [-0.39, 0.29) is 0 Å². The number of rotatable bonds is 4. The molecule has 0 saturated heterocycles. The zero-order chi connectivity index (χ0) is 12.8. The summed E-state index contributed by atoms with van der Waals surface area (Å²) in [7, 11) is 0. The van der Waals surface area contributed by atoms with Crippen molar-refractivity contribution in [3.8, 4) is 0 Å². The van der Waals surface area contributed by atoms with E-state index in [2.05, 4.69) is 58.6 Å². The van der Waals surface area contributed by atoms with Gasteiger partial charge in [-0.05, 0) is 44.8 Å². The van der Waals surface area contributed by atoms with E-state index in [0.29, 0.717) is 5.92 Å². The van der Waals surface area contributed by atoms with Crippen molar-refractivity contribution in [1.29, 1.82) is 0 Å². The minimum absolute atomic E-state index is 0.569. The fraction of sp³-hybridized carbons (Fsp3) is 0.412. The van der Waals surface area contributed by atoms with E-state index in [0.717, 1.165) is 12.8 Å². The third-order valence-electron chi connectivity index (χ3n) is 3.46. The van der Waals surface area contributed by atoms with Crippen LogP contribution in [0.15, 0.2) is 59.3 Å². The van der Waals surface area contributed by atoms with E-state index >= 15 is 0 Å². The Kier molecular flexibility index (Phi) is 5.21. The highest BCUT2D eigenvalue weighted by Gasteiger charge is 2.17. The van der Waals surface area contributed by atoms with Crippen molar-refractivity contribution >= 4 is 0 Å². The highest BCUT2D eigenvalue weighted by molar-refractivity contribution is 5.46. The van der Waals surface area contributed by atoms with Gasteiger partial charge in [-0.3, -0.25) is 0 Å². The lowest BCUT2D eigenvalue weighted by molar-refractivity contribution is 0.704. The van der Waals surface area contributed by atoms with E-state index in [1.165, 1.54) is 22.3 Å². The molecule has 0 radical (unpaired) electrons. The molecule has 0 bridgehead atoms. The van der Waals surface area contributed by atoms with Gasteiger partial charge in [-0.2, -0.15) is 0 Å². The van der Waals surface area contributed by atoms with Gasteiger partial charge in [0.1, 0.15) is 0 Å². The summed E-state index contributed by atoms with van der Waals surface area (Å²) in [5, 5.41) is 0. The summed E-state index contributed by atoms with van der Waals surface area (Å²) < 4.78 is 0. The summed E-state index contributed by atoms with van der Waals surface area (Å²) in [6.07, 6.45) is 13.3. The standard InChI is InChI=1S/C17H24/c1-6-14(7-2)16-10-13(5)11-17(12-16)15(8-3)9-4/h6-8,10-11,17H,1,9,12H2,2-5H3/b14-7+,15-8+. The molecule has 1 unspecified atom stereocenters. The van der Waals surface area contributed by atoms with Crippen LogP contribution >= 0.6 is 0 Å². The fourth-order valence-corrected chi connectivity index (χ4v) is 2.55. The largest absolute Gasteiger partial charge is 0.0985 e. The molecule has 0 N–H and O–H groups in total. The Morgan fingerprint density at radius 3 is 2.59 bits per heavy atom. The van der Waals surface area contributed by atoms with Gasteiger partial charge in [0.05, 0.1) is 0 Å². The van der Waals surface area contributed by atoms with Gasteiger partial charge in [-0.25, -0.2) is 0 Å². The first-order chi connectivity index (χ1) is 8.15. The number of allylic oxidation sites excluding steroid dienone is 9. The maximum Gasteiger partial charge on any atom is 0.00228 e. The summed E-state index contributed by atoms with van der Waals surface area (Å²) in [5.74, 6) is 0.569. The molecule has 0 aromatic heterocycles. The highest BCUT2D eigenvalue weighted by Crippen LogP contribution is 2.33. The highest BCUT2D eigenvalue weighted by atomic mass is 14.2. The zero-order valence-corrected chi connectivity index (χ0v) is 11.6. The molecule has 0 saturated carbocycles. The predicted octanol–water partition coefficient (Wildman–Crippen LogP) is 5.37. The van der Waals surface area contributed by atoms with Crippen molar-refractivity contribution in [1.82, 2.24) is 0 Å². The Bertz CT molecular complexity index is 400. The Balaban J connectivity index is 3.01. The lowest BCUT2D eigenvalue weighted by Crippen LogP contribution is -2.08. The monoisotopic (exact) mass is 228 g/mol. The first kappa shape index (κ1) is 13.8. The van der Waals surface area contributed by atoms with Crippen molar-refractivity contribution in [3.63, 3.8) is 0 Å². The van der Waals surface area contributed by atoms with Gasteiger partial charge < -0.3 is 0 Å². The molecule has 0 aliphatic heterocycles. The molecule has 0 heterocycles. The molecule has 0 spiro atoms. The van der Waals surface area contributed by atoms with Gasteiger partial charge in [0.2, 0.25) is 0 Å². The maximum atomic E-state index is 3.90. The summed E-state index contributed by atoms with van der Waals surface area (Å²) in [6, 6.07) is 0. The summed E-state index contributed by atoms with van der Waals surface area (Å²) >= 11 is 0. The molecule has 1 rings (SSSR count). The first-order valence-corrected chi connectivity index (χ1v) is 6.49. The van der Waals surface area contributed by atoms with Crippen LogP contribution in [0, 0.1) is 5.92 Å². The molecule has 17 heavy (non-hydrogen) atoms. The Labute approximate surface area is 106 Å². The maximum absolute atomic E-state index is 3.90. The van der Waals surface area contributed by atoms with E-state index in [4.69, 9.17) is 0 Å².